The second-order valence-corrected chi connectivity index (χ2v) is 10.8. The molecule has 0 aromatic heterocycles. The predicted molar refractivity (Wildman–Crippen MR) is 139 cm³/mol. The molecule has 8 heteroatoms. The average Bonchev–Trinajstić information content (AvgIpc) is 2.90. The van der Waals surface area contributed by atoms with E-state index < -0.39 is 16.1 Å². The van der Waals surface area contributed by atoms with E-state index in [1.807, 2.05) is 42.5 Å². The van der Waals surface area contributed by atoms with Gasteiger partial charge in [-0.15, -0.1) is 0 Å². The number of methoxy groups -OCH3 is 1. The molecule has 0 spiro atoms. The number of hydrogen-bond donors (Lipinski definition) is 0. The predicted octanol–water partition coefficient (Wildman–Crippen LogP) is 4.24. The van der Waals surface area contributed by atoms with Crippen molar-refractivity contribution in [2.75, 3.05) is 33.9 Å². The largest absolute Gasteiger partial charge is 0.497 e. The Morgan fingerprint density at radius 3 is 2.31 bits per heavy atom. The first-order valence-electron chi connectivity index (χ1n) is 12.1. The molecule has 36 heavy (non-hydrogen) atoms. The van der Waals surface area contributed by atoms with Crippen LogP contribution in [0.1, 0.15) is 28.8 Å². The smallest absolute Gasteiger partial charge is 0.257 e. The van der Waals surface area contributed by atoms with Crippen molar-refractivity contribution in [3.63, 3.8) is 0 Å². The van der Waals surface area contributed by atoms with E-state index in [0.717, 1.165) is 5.56 Å². The van der Waals surface area contributed by atoms with Gasteiger partial charge in [0.15, 0.2) is 0 Å². The lowest BCUT2D eigenvalue weighted by molar-refractivity contribution is 0.0781. The van der Waals surface area contributed by atoms with Gasteiger partial charge < -0.3 is 14.4 Å². The molecule has 3 aromatic carbocycles. The second kappa shape index (κ2) is 11.6. The van der Waals surface area contributed by atoms with Crippen molar-refractivity contribution in [2.24, 2.45) is 0 Å². The molecule has 3 aromatic rings. The second-order valence-electron chi connectivity index (χ2n) is 8.88. The SMILES string of the molecule is COc1ccc(S(=O)(=O)N2CCCCN(C)C(=O)c3ccccc3OC[C@@H]2Cc2ccccc2)cc1. The summed E-state index contributed by atoms with van der Waals surface area (Å²) in [5, 5.41) is 0. The molecule has 1 aliphatic rings. The topological polar surface area (TPSA) is 76.2 Å². The monoisotopic (exact) mass is 508 g/mol. The Bertz CT molecular complexity index is 1260. The number of benzene rings is 3. The molecule has 0 radical (unpaired) electrons. The van der Waals surface area contributed by atoms with E-state index in [9.17, 15) is 13.2 Å². The third-order valence-corrected chi connectivity index (χ3v) is 8.37. The first-order valence-corrected chi connectivity index (χ1v) is 13.5. The maximum absolute atomic E-state index is 13.9. The van der Waals surface area contributed by atoms with Crippen LogP contribution in [0.3, 0.4) is 0 Å². The Balaban J connectivity index is 1.73. The summed E-state index contributed by atoms with van der Waals surface area (Å²) < 4.78 is 40.8. The lowest BCUT2D eigenvalue weighted by Gasteiger charge is -2.32. The van der Waals surface area contributed by atoms with Crippen LogP contribution in [-0.2, 0) is 16.4 Å². The molecular weight excluding hydrogens is 476 g/mol. The molecule has 1 atom stereocenters. The highest BCUT2D eigenvalue weighted by Crippen LogP contribution is 2.26. The quantitative estimate of drug-likeness (QED) is 0.515. The fourth-order valence-electron chi connectivity index (χ4n) is 4.39. The van der Waals surface area contributed by atoms with E-state index in [1.165, 1.54) is 0 Å². The Labute approximate surface area is 213 Å². The van der Waals surface area contributed by atoms with E-state index in [4.69, 9.17) is 9.47 Å². The minimum absolute atomic E-state index is 0.103. The number of carbonyl (C=O) groups excluding carboxylic acids is 1. The van der Waals surface area contributed by atoms with E-state index in [2.05, 4.69) is 0 Å². The fourth-order valence-corrected chi connectivity index (χ4v) is 6.04. The number of amides is 1. The molecule has 0 aliphatic carbocycles. The third-order valence-electron chi connectivity index (χ3n) is 6.40. The van der Waals surface area contributed by atoms with Crippen LogP contribution in [-0.4, -0.2) is 63.4 Å². The molecule has 0 fully saturated rings. The van der Waals surface area contributed by atoms with Gasteiger partial charge in [-0.25, -0.2) is 8.42 Å². The number of rotatable bonds is 5. The zero-order valence-electron chi connectivity index (χ0n) is 20.7. The molecule has 0 saturated heterocycles. The van der Waals surface area contributed by atoms with E-state index >= 15 is 0 Å². The van der Waals surface area contributed by atoms with Gasteiger partial charge in [0.25, 0.3) is 5.91 Å². The molecule has 190 valence electrons. The summed E-state index contributed by atoms with van der Waals surface area (Å²) in [4.78, 5) is 14.9. The molecule has 1 aliphatic heterocycles. The van der Waals surface area contributed by atoms with Crippen LogP contribution in [0.2, 0.25) is 0 Å². The summed E-state index contributed by atoms with van der Waals surface area (Å²) in [6, 6.07) is 22.9. The van der Waals surface area contributed by atoms with Crippen molar-refractivity contribution < 1.29 is 22.7 Å². The van der Waals surface area contributed by atoms with Crippen LogP contribution in [0.5, 0.6) is 11.5 Å². The molecule has 0 saturated carbocycles. The van der Waals surface area contributed by atoms with Crippen LogP contribution in [0, 0.1) is 0 Å². The van der Waals surface area contributed by atoms with Crippen molar-refractivity contribution in [1.82, 2.24) is 9.21 Å². The summed E-state index contributed by atoms with van der Waals surface area (Å²) in [5.74, 6) is 0.944. The van der Waals surface area contributed by atoms with Crippen molar-refractivity contribution in [3.05, 3.63) is 90.0 Å². The first kappa shape index (κ1) is 25.7. The Morgan fingerprint density at radius 2 is 1.58 bits per heavy atom. The molecule has 1 amide bonds. The summed E-state index contributed by atoms with van der Waals surface area (Å²) >= 11 is 0. The van der Waals surface area contributed by atoms with E-state index in [0.29, 0.717) is 49.4 Å². The fraction of sp³-hybridized carbons (Fsp3) is 0.321. The Hall–Kier alpha value is -3.36. The number of nitrogens with zero attached hydrogens (tertiary/aromatic N) is 2. The van der Waals surface area contributed by atoms with Gasteiger partial charge in [0, 0.05) is 20.1 Å². The summed E-state index contributed by atoms with van der Waals surface area (Å²) in [6.45, 7) is 0.949. The van der Waals surface area contributed by atoms with Crippen molar-refractivity contribution in [3.8, 4) is 11.5 Å². The number of fused-ring (bicyclic) bond motifs is 1. The van der Waals surface area contributed by atoms with Gasteiger partial charge >= 0.3 is 0 Å². The third kappa shape index (κ3) is 5.88. The number of hydrogen-bond acceptors (Lipinski definition) is 5. The summed E-state index contributed by atoms with van der Waals surface area (Å²) in [6.07, 6.45) is 1.77. The first-order chi connectivity index (χ1) is 17.4. The average molecular weight is 509 g/mol. The molecule has 0 unspecified atom stereocenters. The van der Waals surface area contributed by atoms with Crippen LogP contribution >= 0.6 is 0 Å². The molecule has 4 rings (SSSR count). The van der Waals surface area contributed by atoms with Crippen LogP contribution in [0.25, 0.3) is 0 Å². The number of carbonyl (C=O) groups is 1. The molecule has 1 heterocycles. The number of ether oxygens (including phenoxy) is 2. The highest BCUT2D eigenvalue weighted by Gasteiger charge is 2.33. The lowest BCUT2D eigenvalue weighted by Crippen LogP contribution is -2.46. The Kier molecular flexibility index (Phi) is 8.28. The summed E-state index contributed by atoms with van der Waals surface area (Å²) in [5.41, 5.74) is 1.49. The standard InChI is InChI=1S/C28H32N2O5S/c1-29-18-8-9-19-30(36(32,33)25-16-14-24(34-2)15-17-25)23(20-22-10-4-3-5-11-22)21-35-27-13-7-6-12-26(27)28(29)31/h3-7,10-17,23H,8-9,18-21H2,1-2H3/t23-/m0/s1. The van der Waals surface area contributed by atoms with Gasteiger partial charge in [-0.2, -0.15) is 4.31 Å². The highest BCUT2D eigenvalue weighted by atomic mass is 32.2. The molecule has 7 nitrogen and oxygen atoms in total. The Morgan fingerprint density at radius 1 is 0.917 bits per heavy atom. The number of para-hydroxylation sites is 1. The zero-order valence-corrected chi connectivity index (χ0v) is 21.5. The van der Waals surface area contributed by atoms with Crippen LogP contribution in [0.4, 0.5) is 0 Å². The van der Waals surface area contributed by atoms with Crippen molar-refractivity contribution >= 4 is 15.9 Å². The van der Waals surface area contributed by atoms with Gasteiger partial charge in [-0.3, -0.25) is 4.79 Å². The van der Waals surface area contributed by atoms with E-state index in [1.54, 1.807) is 59.8 Å². The maximum atomic E-state index is 13.9. The van der Waals surface area contributed by atoms with Gasteiger partial charge in [-0.1, -0.05) is 42.5 Å². The lowest BCUT2D eigenvalue weighted by atomic mass is 10.1. The summed E-state index contributed by atoms with van der Waals surface area (Å²) in [7, 11) is -0.522. The number of sulfonamides is 1. The van der Waals surface area contributed by atoms with Gasteiger partial charge in [-0.05, 0) is 61.2 Å². The van der Waals surface area contributed by atoms with Crippen molar-refractivity contribution in [1.29, 1.82) is 0 Å². The molecule has 0 N–H and O–H groups in total. The van der Waals surface area contributed by atoms with E-state index in [-0.39, 0.29) is 17.4 Å². The normalized spacial score (nSPS) is 17.9. The van der Waals surface area contributed by atoms with Gasteiger partial charge in [0.05, 0.1) is 23.6 Å². The van der Waals surface area contributed by atoms with Crippen molar-refractivity contribution in [2.45, 2.75) is 30.2 Å². The molecule has 0 bridgehead atoms. The minimum Gasteiger partial charge on any atom is -0.497 e. The molecular formula is C28H32N2O5S. The van der Waals surface area contributed by atoms with Gasteiger partial charge in [0.1, 0.15) is 18.1 Å². The maximum Gasteiger partial charge on any atom is 0.257 e. The van der Waals surface area contributed by atoms with Crippen LogP contribution < -0.4 is 9.47 Å². The zero-order chi connectivity index (χ0) is 25.5. The van der Waals surface area contributed by atoms with Gasteiger partial charge in [0.2, 0.25) is 10.0 Å². The minimum atomic E-state index is -3.83. The highest BCUT2D eigenvalue weighted by molar-refractivity contribution is 7.89. The van der Waals surface area contributed by atoms with Crippen LogP contribution in [0.15, 0.2) is 83.8 Å².